The van der Waals surface area contributed by atoms with Gasteiger partial charge in [-0.15, -0.1) is 0 Å². The summed E-state index contributed by atoms with van der Waals surface area (Å²) in [4.78, 5) is 15.4. The van der Waals surface area contributed by atoms with Crippen LogP contribution in [0.3, 0.4) is 0 Å². The molecule has 0 bridgehead atoms. The quantitative estimate of drug-likeness (QED) is 0.485. The minimum Gasteiger partial charge on any atom is -0.354 e. The van der Waals surface area contributed by atoms with E-state index in [9.17, 15) is 13.2 Å². The largest absolute Gasteiger partial charge is 0.354 e. The molecule has 0 saturated carbocycles. The van der Waals surface area contributed by atoms with Crippen LogP contribution in [0.25, 0.3) is 0 Å². The molecule has 0 fully saturated rings. The lowest BCUT2D eigenvalue weighted by Crippen LogP contribution is -2.39. The molecule has 0 atom stereocenters. The molecular weight excluding hydrogens is 290 g/mol. The molecule has 0 saturated heterocycles. The molecule has 0 aliphatic carbocycles. The summed E-state index contributed by atoms with van der Waals surface area (Å²) in [6.45, 7) is 1.81. The number of nitrogens with zero attached hydrogens (tertiary/aromatic N) is 3. The molecule has 0 unspecified atom stereocenters. The van der Waals surface area contributed by atoms with Gasteiger partial charge in [0.2, 0.25) is 15.9 Å². The maximum absolute atomic E-state index is 11.5. The number of hydrogen-bond donors (Lipinski definition) is 2. The van der Waals surface area contributed by atoms with Crippen molar-refractivity contribution in [3.63, 3.8) is 0 Å². The van der Waals surface area contributed by atoms with Gasteiger partial charge in [-0.1, -0.05) is 11.8 Å². The van der Waals surface area contributed by atoms with Gasteiger partial charge >= 0.3 is 0 Å². The van der Waals surface area contributed by atoms with Gasteiger partial charge in [0.25, 0.3) is 0 Å². The van der Waals surface area contributed by atoms with Gasteiger partial charge in [-0.3, -0.25) is 9.89 Å². The molecule has 10 heteroatoms. The zero-order valence-corrected chi connectivity index (χ0v) is 12.4. The van der Waals surface area contributed by atoms with Crippen LogP contribution in [0.4, 0.5) is 0 Å². The summed E-state index contributed by atoms with van der Waals surface area (Å²) in [5, 5.41) is 9.71. The van der Waals surface area contributed by atoms with Crippen LogP contribution in [0, 0.1) is 0 Å². The van der Waals surface area contributed by atoms with Crippen molar-refractivity contribution in [3.8, 4) is 0 Å². The van der Waals surface area contributed by atoms with Gasteiger partial charge in [0.1, 0.15) is 6.33 Å². The Morgan fingerprint density at radius 1 is 1.58 bits per heavy atom. The van der Waals surface area contributed by atoms with E-state index in [2.05, 4.69) is 20.5 Å². The molecule has 0 spiro atoms. The number of rotatable bonds is 8. The first-order valence-corrected chi connectivity index (χ1v) is 8.24. The molecule has 2 N–H and O–H groups in total. The Balaban J connectivity index is 2.21. The predicted molar refractivity (Wildman–Crippen MR) is 72.2 cm³/mol. The van der Waals surface area contributed by atoms with E-state index in [0.29, 0.717) is 17.5 Å². The zero-order valence-electron chi connectivity index (χ0n) is 10.8. The van der Waals surface area contributed by atoms with Crippen molar-refractivity contribution in [2.75, 3.05) is 31.6 Å². The molecule has 19 heavy (non-hydrogen) atoms. The molecule has 1 amide bonds. The maximum atomic E-state index is 11.5. The molecule has 0 aliphatic heterocycles. The highest BCUT2D eigenvalue weighted by Gasteiger charge is 2.17. The summed E-state index contributed by atoms with van der Waals surface area (Å²) < 4.78 is 23.9. The topological polar surface area (TPSA) is 108 Å². The number of likely N-dealkylation sites (N-methyl/N-ethyl adjacent to an activating group) is 1. The first-order chi connectivity index (χ1) is 8.95. The van der Waals surface area contributed by atoms with Crippen LogP contribution in [0.15, 0.2) is 11.5 Å². The van der Waals surface area contributed by atoms with Crippen LogP contribution < -0.4 is 5.32 Å². The molecule has 1 heterocycles. The summed E-state index contributed by atoms with van der Waals surface area (Å²) in [6.07, 6.45) is 1.41. The SMILES string of the molecule is CCS(=O)(=O)N(C)CC(=O)NCCSc1ncn[nH]1. The van der Waals surface area contributed by atoms with Crippen molar-refractivity contribution in [1.29, 1.82) is 0 Å². The van der Waals surface area contributed by atoms with Crippen LogP contribution in [-0.4, -0.2) is 65.5 Å². The molecular formula is C9H17N5O3S2. The number of H-pyrrole nitrogens is 1. The summed E-state index contributed by atoms with van der Waals surface area (Å²) >= 11 is 1.42. The number of thioether (sulfide) groups is 1. The second kappa shape index (κ2) is 7.46. The summed E-state index contributed by atoms with van der Waals surface area (Å²) in [5.41, 5.74) is 0. The van der Waals surface area contributed by atoms with Gasteiger partial charge in [0, 0.05) is 19.3 Å². The number of aromatic amines is 1. The van der Waals surface area contributed by atoms with Gasteiger partial charge in [-0.2, -0.15) is 9.40 Å². The van der Waals surface area contributed by atoms with Crippen LogP contribution in [0.2, 0.25) is 0 Å². The highest BCUT2D eigenvalue weighted by molar-refractivity contribution is 7.99. The normalized spacial score (nSPS) is 11.7. The molecule has 0 radical (unpaired) electrons. The number of amides is 1. The van der Waals surface area contributed by atoms with E-state index >= 15 is 0 Å². The van der Waals surface area contributed by atoms with Crippen LogP contribution in [-0.2, 0) is 14.8 Å². The molecule has 1 aromatic rings. The fraction of sp³-hybridized carbons (Fsp3) is 0.667. The lowest BCUT2D eigenvalue weighted by Gasteiger charge is -2.15. The van der Waals surface area contributed by atoms with E-state index < -0.39 is 10.0 Å². The summed E-state index contributed by atoms with van der Waals surface area (Å²) in [5.74, 6) is 0.293. The number of carbonyl (C=O) groups excluding carboxylic acids is 1. The number of carbonyl (C=O) groups is 1. The molecule has 0 aliphatic rings. The predicted octanol–water partition coefficient (Wildman–Crippen LogP) is -0.705. The lowest BCUT2D eigenvalue weighted by molar-refractivity contribution is -0.121. The molecule has 0 aromatic carbocycles. The van der Waals surface area contributed by atoms with E-state index in [1.165, 1.54) is 32.1 Å². The first-order valence-electron chi connectivity index (χ1n) is 5.64. The zero-order chi connectivity index (χ0) is 14.3. The van der Waals surface area contributed by atoms with Crippen molar-refractivity contribution in [1.82, 2.24) is 24.8 Å². The summed E-state index contributed by atoms with van der Waals surface area (Å²) in [6, 6.07) is 0. The van der Waals surface area contributed by atoms with Crippen LogP contribution in [0.1, 0.15) is 6.92 Å². The maximum Gasteiger partial charge on any atom is 0.235 e. The number of nitrogens with one attached hydrogen (secondary N) is 2. The number of aromatic nitrogens is 3. The summed E-state index contributed by atoms with van der Waals surface area (Å²) in [7, 11) is -1.92. The van der Waals surface area contributed by atoms with E-state index in [-0.39, 0.29) is 18.2 Å². The van der Waals surface area contributed by atoms with Crippen LogP contribution >= 0.6 is 11.8 Å². The highest BCUT2D eigenvalue weighted by atomic mass is 32.2. The third-order valence-electron chi connectivity index (χ3n) is 2.26. The average Bonchev–Trinajstić information content (AvgIpc) is 2.87. The van der Waals surface area contributed by atoms with Gasteiger partial charge in [0.05, 0.1) is 12.3 Å². The smallest absolute Gasteiger partial charge is 0.235 e. The third-order valence-corrected chi connectivity index (χ3v) is 4.95. The van der Waals surface area contributed by atoms with Crippen molar-refractivity contribution >= 4 is 27.7 Å². The Bertz CT molecular complexity index is 488. The van der Waals surface area contributed by atoms with E-state index in [1.807, 2.05) is 0 Å². The monoisotopic (exact) mass is 307 g/mol. The van der Waals surface area contributed by atoms with Crippen molar-refractivity contribution in [2.24, 2.45) is 0 Å². The number of hydrogen-bond acceptors (Lipinski definition) is 6. The Morgan fingerprint density at radius 2 is 2.32 bits per heavy atom. The van der Waals surface area contributed by atoms with E-state index in [4.69, 9.17) is 0 Å². The molecule has 1 aromatic heterocycles. The highest BCUT2D eigenvalue weighted by Crippen LogP contribution is 2.08. The molecule has 1 rings (SSSR count). The van der Waals surface area contributed by atoms with Gasteiger partial charge in [-0.25, -0.2) is 13.4 Å². The van der Waals surface area contributed by atoms with Gasteiger partial charge < -0.3 is 5.32 Å². The van der Waals surface area contributed by atoms with Crippen molar-refractivity contribution in [3.05, 3.63) is 6.33 Å². The lowest BCUT2D eigenvalue weighted by atomic mass is 10.5. The minimum absolute atomic E-state index is 0.0157. The van der Waals surface area contributed by atoms with Crippen LogP contribution in [0.5, 0.6) is 0 Å². The Morgan fingerprint density at radius 3 is 2.89 bits per heavy atom. The molecule has 108 valence electrons. The number of sulfonamides is 1. The van der Waals surface area contributed by atoms with Gasteiger partial charge in [-0.05, 0) is 6.92 Å². The van der Waals surface area contributed by atoms with Crippen molar-refractivity contribution < 1.29 is 13.2 Å². The average molecular weight is 307 g/mol. The Kier molecular flexibility index (Phi) is 6.25. The van der Waals surface area contributed by atoms with E-state index in [0.717, 1.165) is 4.31 Å². The van der Waals surface area contributed by atoms with E-state index in [1.54, 1.807) is 0 Å². The Labute approximate surface area is 116 Å². The second-order valence-electron chi connectivity index (χ2n) is 3.65. The fourth-order valence-electron chi connectivity index (χ4n) is 1.18. The third kappa shape index (κ3) is 5.57. The second-order valence-corrected chi connectivity index (χ2v) is 7.09. The van der Waals surface area contributed by atoms with Crippen molar-refractivity contribution in [2.45, 2.75) is 12.1 Å². The van der Waals surface area contributed by atoms with Gasteiger partial charge in [0.15, 0.2) is 5.16 Å². The minimum atomic E-state index is -3.32. The fourth-order valence-corrected chi connectivity index (χ4v) is 2.57. The standard InChI is InChI=1S/C9H17N5O3S2/c1-3-19(16,17)14(2)6-8(15)10-4-5-18-9-11-7-12-13-9/h7H,3-6H2,1-2H3,(H,10,15)(H,11,12,13). The Hall–Kier alpha value is -1.13. The first kappa shape index (κ1) is 15.9. The molecule has 8 nitrogen and oxygen atoms in total.